The Morgan fingerprint density at radius 2 is 1.89 bits per heavy atom. The molecule has 0 fully saturated rings. The van der Waals surface area contributed by atoms with Gasteiger partial charge in [-0.15, -0.1) is 0 Å². The van der Waals surface area contributed by atoms with E-state index < -0.39 is 0 Å². The molecule has 0 aliphatic carbocycles. The molecule has 0 unspecified atom stereocenters. The highest BCUT2D eigenvalue weighted by atomic mass is 16.5. The Hall–Kier alpha value is -3.26. The summed E-state index contributed by atoms with van der Waals surface area (Å²) in [5.74, 6) is 0.816. The van der Waals surface area contributed by atoms with Crippen molar-refractivity contribution in [3.8, 4) is 17.6 Å². The first-order valence-electron chi connectivity index (χ1n) is 9.43. The van der Waals surface area contributed by atoms with Gasteiger partial charge in [-0.25, -0.2) is 0 Å². The normalized spacial score (nSPS) is 12.0. The maximum atomic E-state index is 12.2. The summed E-state index contributed by atoms with van der Waals surface area (Å²) in [7, 11) is 0. The molecule has 0 spiro atoms. The van der Waals surface area contributed by atoms with Crippen molar-refractivity contribution in [3.05, 3.63) is 65.2 Å². The van der Waals surface area contributed by atoms with E-state index in [1.165, 1.54) is 0 Å². The van der Waals surface area contributed by atoms with Crippen molar-refractivity contribution in [1.82, 2.24) is 5.32 Å². The summed E-state index contributed by atoms with van der Waals surface area (Å²) in [4.78, 5) is 12.2. The van der Waals surface area contributed by atoms with Crippen LogP contribution in [-0.4, -0.2) is 18.6 Å². The quantitative estimate of drug-likeness (QED) is 0.516. The zero-order valence-electron chi connectivity index (χ0n) is 16.6. The Balaban J connectivity index is 2.20. The summed E-state index contributed by atoms with van der Waals surface area (Å²) in [6.07, 6.45) is 2.35. The van der Waals surface area contributed by atoms with Crippen LogP contribution in [0.1, 0.15) is 38.3 Å². The first-order chi connectivity index (χ1) is 13.6. The molecule has 5 heteroatoms. The Morgan fingerprint density at radius 3 is 2.54 bits per heavy atom. The molecule has 0 saturated heterocycles. The van der Waals surface area contributed by atoms with Crippen molar-refractivity contribution >= 4 is 12.0 Å². The highest BCUT2D eigenvalue weighted by Gasteiger charge is 2.13. The third kappa shape index (κ3) is 6.17. The molecule has 2 aromatic carbocycles. The van der Waals surface area contributed by atoms with Gasteiger partial charge in [0.25, 0.3) is 5.91 Å². The lowest BCUT2D eigenvalue weighted by molar-refractivity contribution is -0.117. The number of nitriles is 1. The second-order valence-electron chi connectivity index (χ2n) is 6.37. The van der Waals surface area contributed by atoms with Crippen LogP contribution in [0.4, 0.5) is 0 Å². The molecule has 1 N–H and O–H groups in total. The third-order valence-corrected chi connectivity index (χ3v) is 4.17. The van der Waals surface area contributed by atoms with Crippen molar-refractivity contribution in [3.63, 3.8) is 0 Å². The fraction of sp³-hybridized carbons (Fsp3) is 0.304. The average molecular weight is 378 g/mol. The summed E-state index contributed by atoms with van der Waals surface area (Å²) in [6, 6.07) is 17.2. The molecule has 0 heterocycles. The number of rotatable bonds is 9. The van der Waals surface area contributed by atoms with Crippen LogP contribution < -0.4 is 14.8 Å². The predicted molar refractivity (Wildman–Crippen MR) is 110 cm³/mol. The number of hydrogen-bond donors (Lipinski definition) is 1. The molecule has 28 heavy (non-hydrogen) atoms. The van der Waals surface area contributed by atoms with E-state index in [0.717, 1.165) is 12.0 Å². The number of nitrogens with zero attached hydrogens (tertiary/aromatic N) is 1. The van der Waals surface area contributed by atoms with Crippen molar-refractivity contribution in [2.75, 3.05) is 6.61 Å². The second kappa shape index (κ2) is 10.8. The van der Waals surface area contributed by atoms with Crippen molar-refractivity contribution < 1.29 is 14.3 Å². The molecule has 1 amide bonds. The van der Waals surface area contributed by atoms with E-state index in [0.29, 0.717) is 30.3 Å². The topological polar surface area (TPSA) is 71.3 Å². The van der Waals surface area contributed by atoms with Gasteiger partial charge in [0.05, 0.1) is 6.61 Å². The maximum absolute atomic E-state index is 12.2. The minimum Gasteiger partial charge on any atom is -0.490 e. The molecule has 0 radical (unpaired) electrons. The predicted octanol–water partition coefficient (Wildman–Crippen LogP) is 4.49. The van der Waals surface area contributed by atoms with E-state index in [1.807, 2.05) is 57.2 Å². The second-order valence-corrected chi connectivity index (χ2v) is 6.37. The van der Waals surface area contributed by atoms with Gasteiger partial charge in [-0.1, -0.05) is 43.3 Å². The molecule has 0 saturated carbocycles. The molecule has 1 atom stereocenters. The molecule has 0 aromatic heterocycles. The monoisotopic (exact) mass is 378 g/mol. The molecule has 0 aliphatic rings. The Bertz CT molecular complexity index is 854. The lowest BCUT2D eigenvalue weighted by Crippen LogP contribution is -2.32. The molecule has 2 aromatic rings. The van der Waals surface area contributed by atoms with Gasteiger partial charge in [-0.2, -0.15) is 5.26 Å². The molecular weight excluding hydrogens is 352 g/mol. The summed E-state index contributed by atoms with van der Waals surface area (Å²) >= 11 is 0. The van der Waals surface area contributed by atoms with Gasteiger partial charge in [0.2, 0.25) is 0 Å². The van der Waals surface area contributed by atoms with Crippen molar-refractivity contribution in [1.29, 1.82) is 5.26 Å². The van der Waals surface area contributed by atoms with Crippen LogP contribution in [0.15, 0.2) is 54.1 Å². The number of nitrogens with one attached hydrogen (secondary N) is 1. The van der Waals surface area contributed by atoms with Gasteiger partial charge < -0.3 is 14.8 Å². The zero-order valence-corrected chi connectivity index (χ0v) is 16.6. The minimum atomic E-state index is -0.376. The summed E-state index contributed by atoms with van der Waals surface area (Å²) < 4.78 is 11.6. The standard InChI is InChI=1S/C23H26N2O3/c1-4-17(3)25-23(26)20(15-24)13-19-11-12-21(22(14-19)27-5-2)28-16-18-9-7-6-8-10-18/h6-14,17H,4-5,16H2,1-3H3,(H,25,26)/b20-13+/t17-/m0/s1. The van der Waals surface area contributed by atoms with Crippen LogP contribution in [0.25, 0.3) is 6.08 Å². The molecule has 0 bridgehead atoms. The average Bonchev–Trinajstić information content (AvgIpc) is 2.72. The zero-order chi connectivity index (χ0) is 20.4. The number of hydrogen-bond acceptors (Lipinski definition) is 4. The number of ether oxygens (including phenoxy) is 2. The van der Waals surface area contributed by atoms with Crippen LogP contribution in [0.5, 0.6) is 11.5 Å². The Labute approximate surface area is 166 Å². The molecule has 5 nitrogen and oxygen atoms in total. The highest BCUT2D eigenvalue weighted by Crippen LogP contribution is 2.30. The van der Waals surface area contributed by atoms with Crippen LogP contribution in [0.3, 0.4) is 0 Å². The molecule has 146 valence electrons. The smallest absolute Gasteiger partial charge is 0.262 e. The third-order valence-electron chi connectivity index (χ3n) is 4.17. The van der Waals surface area contributed by atoms with Crippen molar-refractivity contribution in [2.24, 2.45) is 0 Å². The lowest BCUT2D eigenvalue weighted by Gasteiger charge is -2.13. The summed E-state index contributed by atoms with van der Waals surface area (Å²) in [5.41, 5.74) is 1.81. The number of carbonyl (C=O) groups is 1. The minimum absolute atomic E-state index is 0.0111. The number of carbonyl (C=O) groups excluding carboxylic acids is 1. The molecular formula is C23H26N2O3. The van der Waals surface area contributed by atoms with Gasteiger partial charge in [-0.05, 0) is 49.6 Å². The van der Waals surface area contributed by atoms with E-state index >= 15 is 0 Å². The van der Waals surface area contributed by atoms with E-state index in [9.17, 15) is 10.1 Å². The van der Waals surface area contributed by atoms with E-state index in [2.05, 4.69) is 5.32 Å². The first kappa shape index (κ1) is 21.0. The highest BCUT2D eigenvalue weighted by molar-refractivity contribution is 6.01. The van der Waals surface area contributed by atoms with Gasteiger partial charge in [0, 0.05) is 6.04 Å². The van der Waals surface area contributed by atoms with Gasteiger partial charge >= 0.3 is 0 Å². The summed E-state index contributed by atoms with van der Waals surface area (Å²) in [6.45, 7) is 6.68. The Morgan fingerprint density at radius 1 is 1.14 bits per heavy atom. The largest absolute Gasteiger partial charge is 0.490 e. The van der Waals surface area contributed by atoms with Crippen LogP contribution in [0, 0.1) is 11.3 Å². The van der Waals surface area contributed by atoms with Crippen LogP contribution in [-0.2, 0) is 11.4 Å². The molecule has 2 rings (SSSR count). The fourth-order valence-corrected chi connectivity index (χ4v) is 2.46. The Kier molecular flexibility index (Phi) is 8.11. The lowest BCUT2D eigenvalue weighted by atomic mass is 10.1. The van der Waals surface area contributed by atoms with Crippen molar-refractivity contribution in [2.45, 2.75) is 39.8 Å². The number of benzene rings is 2. The fourth-order valence-electron chi connectivity index (χ4n) is 2.46. The summed E-state index contributed by atoms with van der Waals surface area (Å²) in [5, 5.41) is 12.2. The van der Waals surface area contributed by atoms with E-state index in [4.69, 9.17) is 9.47 Å². The van der Waals surface area contributed by atoms with Gasteiger partial charge in [0.1, 0.15) is 18.2 Å². The maximum Gasteiger partial charge on any atom is 0.262 e. The van der Waals surface area contributed by atoms with Crippen LogP contribution in [0.2, 0.25) is 0 Å². The number of amides is 1. The first-order valence-corrected chi connectivity index (χ1v) is 9.43. The van der Waals surface area contributed by atoms with Gasteiger partial charge in [-0.3, -0.25) is 4.79 Å². The molecule has 0 aliphatic heterocycles. The van der Waals surface area contributed by atoms with Gasteiger partial charge in [0.15, 0.2) is 11.5 Å². The van der Waals surface area contributed by atoms with Crippen LogP contribution >= 0.6 is 0 Å². The SMILES string of the molecule is CCOc1cc(/C=C(\C#N)C(=O)N[C@@H](C)CC)ccc1OCc1ccccc1. The van der Waals surface area contributed by atoms with E-state index in [1.54, 1.807) is 24.3 Å². The van der Waals surface area contributed by atoms with E-state index in [-0.39, 0.29) is 17.5 Å².